The summed E-state index contributed by atoms with van der Waals surface area (Å²) in [6.07, 6.45) is 3.83. The fourth-order valence-corrected chi connectivity index (χ4v) is 3.49. The topological polar surface area (TPSA) is 26.7 Å². The first-order valence-electron chi connectivity index (χ1n) is 8.97. The number of nitrogens with zero attached hydrogens (tertiary/aromatic N) is 2. The molecule has 0 bridgehead atoms. The van der Waals surface area contributed by atoms with Gasteiger partial charge in [0.2, 0.25) is 0 Å². The highest BCUT2D eigenvalue weighted by Gasteiger charge is 2.19. The Morgan fingerprint density at radius 3 is 2.33 bits per heavy atom. The number of likely N-dealkylation sites (N-methyl/N-ethyl adjacent to an activating group) is 1. The van der Waals surface area contributed by atoms with Gasteiger partial charge in [-0.2, -0.15) is 0 Å². The Labute approximate surface area is 145 Å². The van der Waals surface area contributed by atoms with Crippen LogP contribution in [0.2, 0.25) is 0 Å². The van der Waals surface area contributed by atoms with Crippen LogP contribution in [0.15, 0.2) is 54.6 Å². The van der Waals surface area contributed by atoms with Gasteiger partial charge in [-0.05, 0) is 68.1 Å². The molecule has 0 aliphatic carbocycles. The highest BCUT2D eigenvalue weighted by Crippen LogP contribution is 2.22. The lowest BCUT2D eigenvalue weighted by Crippen LogP contribution is -2.39. The monoisotopic (exact) mass is 324 g/mol. The first-order chi connectivity index (χ1) is 11.7. The van der Waals surface area contributed by atoms with E-state index < -0.39 is 0 Å². The summed E-state index contributed by atoms with van der Waals surface area (Å²) in [6.45, 7) is 4.55. The van der Waals surface area contributed by atoms with Crippen LogP contribution < -0.4 is 4.90 Å². The van der Waals surface area contributed by atoms with Crippen molar-refractivity contribution in [3.8, 4) is 5.75 Å². The second-order valence-corrected chi connectivity index (χ2v) is 6.91. The van der Waals surface area contributed by atoms with Crippen LogP contribution in [0, 0.1) is 5.92 Å². The number of phenols is 1. The average molecular weight is 324 g/mol. The van der Waals surface area contributed by atoms with Gasteiger partial charge in [0.05, 0.1) is 0 Å². The standard InChI is InChI=1S/C21H28N2O/c1-22(20-7-9-21(24)10-8-20)15-16-23-13-11-19(12-14-23)17-18-5-3-2-4-6-18/h2-10,19,24H,11-17H2,1H3. The molecule has 1 saturated heterocycles. The van der Waals surface area contributed by atoms with Crippen LogP contribution in [0.3, 0.4) is 0 Å². The molecule has 1 N–H and O–H groups in total. The number of phenolic OH excluding ortho intramolecular Hbond substituents is 1. The van der Waals surface area contributed by atoms with Gasteiger partial charge in [-0.1, -0.05) is 30.3 Å². The Hall–Kier alpha value is -2.00. The maximum Gasteiger partial charge on any atom is 0.115 e. The lowest BCUT2D eigenvalue weighted by molar-refractivity contribution is 0.188. The first-order valence-corrected chi connectivity index (χ1v) is 8.97. The van der Waals surface area contributed by atoms with Crippen molar-refractivity contribution in [3.05, 3.63) is 60.2 Å². The van der Waals surface area contributed by atoms with E-state index in [-0.39, 0.29) is 0 Å². The Balaban J connectivity index is 1.40. The van der Waals surface area contributed by atoms with E-state index in [1.165, 1.54) is 37.9 Å². The molecule has 3 nitrogen and oxygen atoms in total. The number of hydrogen-bond donors (Lipinski definition) is 1. The smallest absolute Gasteiger partial charge is 0.115 e. The summed E-state index contributed by atoms with van der Waals surface area (Å²) < 4.78 is 0. The summed E-state index contributed by atoms with van der Waals surface area (Å²) in [5.41, 5.74) is 2.63. The van der Waals surface area contributed by atoms with Crippen molar-refractivity contribution in [2.24, 2.45) is 5.92 Å². The SMILES string of the molecule is CN(CCN1CCC(Cc2ccccc2)CC1)c1ccc(O)cc1. The van der Waals surface area contributed by atoms with Crippen molar-refractivity contribution in [1.82, 2.24) is 4.90 Å². The molecule has 0 aromatic heterocycles. The molecule has 1 fully saturated rings. The molecule has 0 spiro atoms. The molecular formula is C21H28N2O. The third kappa shape index (κ3) is 4.75. The van der Waals surface area contributed by atoms with E-state index in [9.17, 15) is 5.11 Å². The van der Waals surface area contributed by atoms with E-state index in [0.29, 0.717) is 5.75 Å². The molecule has 2 aromatic rings. The zero-order chi connectivity index (χ0) is 16.8. The average Bonchev–Trinajstić information content (AvgIpc) is 2.62. The van der Waals surface area contributed by atoms with Crippen LogP contribution in [-0.4, -0.2) is 43.2 Å². The fraction of sp³-hybridized carbons (Fsp3) is 0.429. The number of anilines is 1. The zero-order valence-corrected chi connectivity index (χ0v) is 14.6. The van der Waals surface area contributed by atoms with Gasteiger partial charge >= 0.3 is 0 Å². The number of benzene rings is 2. The minimum Gasteiger partial charge on any atom is -0.508 e. The van der Waals surface area contributed by atoms with Gasteiger partial charge < -0.3 is 14.9 Å². The van der Waals surface area contributed by atoms with E-state index >= 15 is 0 Å². The minimum atomic E-state index is 0.327. The molecule has 0 atom stereocenters. The van der Waals surface area contributed by atoms with Gasteiger partial charge in [-0.3, -0.25) is 0 Å². The quantitative estimate of drug-likeness (QED) is 0.876. The lowest BCUT2D eigenvalue weighted by atomic mass is 9.90. The van der Waals surface area contributed by atoms with E-state index in [1.807, 2.05) is 12.1 Å². The van der Waals surface area contributed by atoms with Crippen LogP contribution in [0.5, 0.6) is 5.75 Å². The maximum atomic E-state index is 9.38. The van der Waals surface area contributed by atoms with Gasteiger partial charge in [0, 0.05) is 25.8 Å². The lowest BCUT2D eigenvalue weighted by Gasteiger charge is -2.33. The van der Waals surface area contributed by atoms with Crippen molar-refractivity contribution in [2.45, 2.75) is 19.3 Å². The summed E-state index contributed by atoms with van der Waals surface area (Å²) in [6, 6.07) is 18.3. The predicted molar refractivity (Wildman–Crippen MR) is 101 cm³/mol. The maximum absolute atomic E-state index is 9.38. The minimum absolute atomic E-state index is 0.327. The summed E-state index contributed by atoms with van der Waals surface area (Å²) in [7, 11) is 2.12. The van der Waals surface area contributed by atoms with Crippen molar-refractivity contribution < 1.29 is 5.11 Å². The molecule has 0 unspecified atom stereocenters. The molecule has 1 heterocycles. The molecule has 0 saturated carbocycles. The van der Waals surface area contributed by atoms with Gasteiger partial charge in [0.15, 0.2) is 0 Å². The molecule has 0 amide bonds. The molecule has 24 heavy (non-hydrogen) atoms. The normalized spacial score (nSPS) is 16.2. The largest absolute Gasteiger partial charge is 0.508 e. The Kier molecular flexibility index (Phi) is 5.76. The summed E-state index contributed by atoms with van der Waals surface area (Å²) in [5.74, 6) is 1.16. The zero-order valence-electron chi connectivity index (χ0n) is 14.6. The number of aromatic hydroxyl groups is 1. The Morgan fingerprint density at radius 2 is 1.67 bits per heavy atom. The van der Waals surface area contributed by atoms with Crippen LogP contribution in [-0.2, 0) is 6.42 Å². The second kappa shape index (κ2) is 8.20. The van der Waals surface area contributed by atoms with Gasteiger partial charge in [-0.15, -0.1) is 0 Å². The highest BCUT2D eigenvalue weighted by molar-refractivity contribution is 5.48. The molecule has 1 aliphatic rings. The fourth-order valence-electron chi connectivity index (χ4n) is 3.49. The summed E-state index contributed by atoms with van der Waals surface area (Å²) in [4.78, 5) is 4.84. The highest BCUT2D eigenvalue weighted by atomic mass is 16.3. The molecule has 0 radical (unpaired) electrons. The van der Waals surface area contributed by atoms with Crippen LogP contribution in [0.1, 0.15) is 18.4 Å². The third-order valence-electron chi connectivity index (χ3n) is 5.12. The van der Waals surface area contributed by atoms with Crippen LogP contribution in [0.25, 0.3) is 0 Å². The van der Waals surface area contributed by atoms with Gasteiger partial charge in [-0.25, -0.2) is 0 Å². The molecule has 3 rings (SSSR count). The summed E-state index contributed by atoms with van der Waals surface area (Å²) in [5, 5.41) is 9.38. The molecular weight excluding hydrogens is 296 g/mol. The first kappa shape index (κ1) is 16.8. The molecule has 128 valence electrons. The number of hydrogen-bond acceptors (Lipinski definition) is 3. The Morgan fingerprint density at radius 1 is 1.00 bits per heavy atom. The third-order valence-corrected chi connectivity index (χ3v) is 5.12. The molecule has 3 heteroatoms. The predicted octanol–water partition coefficient (Wildman–Crippen LogP) is 3.78. The van der Waals surface area contributed by atoms with Crippen molar-refractivity contribution in [2.75, 3.05) is 38.1 Å². The molecule has 2 aromatic carbocycles. The van der Waals surface area contributed by atoms with Crippen molar-refractivity contribution >= 4 is 5.69 Å². The van der Waals surface area contributed by atoms with E-state index in [4.69, 9.17) is 0 Å². The van der Waals surface area contributed by atoms with E-state index in [0.717, 1.165) is 24.7 Å². The second-order valence-electron chi connectivity index (χ2n) is 6.91. The Bertz CT molecular complexity index is 603. The van der Waals surface area contributed by atoms with Crippen LogP contribution >= 0.6 is 0 Å². The number of rotatable bonds is 6. The van der Waals surface area contributed by atoms with E-state index in [1.54, 1.807) is 12.1 Å². The number of piperidine rings is 1. The summed E-state index contributed by atoms with van der Waals surface area (Å²) >= 11 is 0. The van der Waals surface area contributed by atoms with Gasteiger partial charge in [0.25, 0.3) is 0 Å². The number of likely N-dealkylation sites (tertiary alicyclic amines) is 1. The van der Waals surface area contributed by atoms with Crippen molar-refractivity contribution in [1.29, 1.82) is 0 Å². The van der Waals surface area contributed by atoms with Crippen molar-refractivity contribution in [3.63, 3.8) is 0 Å². The molecule has 1 aliphatic heterocycles. The van der Waals surface area contributed by atoms with E-state index in [2.05, 4.69) is 47.2 Å². The van der Waals surface area contributed by atoms with Gasteiger partial charge in [0.1, 0.15) is 5.75 Å². The van der Waals surface area contributed by atoms with Crippen LogP contribution in [0.4, 0.5) is 5.69 Å².